The molecular weight excluding hydrogens is 250 g/mol. The lowest BCUT2D eigenvalue weighted by Crippen LogP contribution is -2.39. The number of fused-ring (bicyclic) bond motifs is 1. The summed E-state index contributed by atoms with van der Waals surface area (Å²) in [4.78, 5) is 18.4. The number of benzene rings is 1. The van der Waals surface area contributed by atoms with Gasteiger partial charge in [-0.15, -0.1) is 0 Å². The molecule has 2 aromatic rings. The fourth-order valence-corrected chi connectivity index (χ4v) is 2.67. The zero-order chi connectivity index (χ0) is 13.8. The first-order valence-electron chi connectivity index (χ1n) is 7.20. The van der Waals surface area contributed by atoms with E-state index in [9.17, 15) is 4.79 Å². The zero-order valence-corrected chi connectivity index (χ0v) is 11.5. The molecule has 20 heavy (non-hydrogen) atoms. The Morgan fingerprint density at radius 3 is 2.80 bits per heavy atom. The molecule has 0 aliphatic carbocycles. The van der Waals surface area contributed by atoms with Gasteiger partial charge >= 0.3 is 0 Å². The Hall–Kier alpha value is -2.10. The number of hydrogen-bond donors (Lipinski definition) is 1. The van der Waals surface area contributed by atoms with Crippen molar-refractivity contribution in [3.05, 3.63) is 36.5 Å². The first-order valence-corrected chi connectivity index (χ1v) is 7.20. The predicted octanol–water partition coefficient (Wildman–Crippen LogP) is 2.66. The summed E-state index contributed by atoms with van der Waals surface area (Å²) >= 11 is 0. The van der Waals surface area contributed by atoms with Crippen LogP contribution in [0.15, 0.2) is 36.5 Å². The molecule has 1 fully saturated rings. The van der Waals surface area contributed by atoms with Crippen molar-refractivity contribution in [2.24, 2.45) is 0 Å². The zero-order valence-electron chi connectivity index (χ0n) is 11.5. The number of aromatic nitrogens is 1. The number of amides is 1. The highest BCUT2D eigenvalue weighted by atomic mass is 16.2. The van der Waals surface area contributed by atoms with Gasteiger partial charge in [0.1, 0.15) is 5.82 Å². The maximum absolute atomic E-state index is 12.1. The highest BCUT2D eigenvalue weighted by Gasteiger charge is 2.16. The third-order valence-electron chi connectivity index (χ3n) is 3.79. The van der Waals surface area contributed by atoms with Crippen molar-refractivity contribution in [2.75, 3.05) is 25.0 Å². The van der Waals surface area contributed by atoms with Gasteiger partial charge in [0.05, 0.1) is 6.54 Å². The molecule has 0 saturated carbocycles. The second-order valence-electron chi connectivity index (χ2n) is 5.18. The molecule has 0 spiro atoms. The standard InChI is InChI=1S/C16H19N3O/c20-15(19-10-4-1-5-11-19)12-18-16-14-7-3-2-6-13(14)8-9-17-16/h2-3,6-9H,1,4-5,10-12H2,(H,17,18). The van der Waals surface area contributed by atoms with E-state index in [0.29, 0.717) is 6.54 Å². The normalized spacial score (nSPS) is 15.3. The number of pyridine rings is 1. The number of carbonyl (C=O) groups excluding carboxylic acids is 1. The summed E-state index contributed by atoms with van der Waals surface area (Å²) in [6, 6.07) is 10.0. The van der Waals surface area contributed by atoms with Crippen LogP contribution in [0.1, 0.15) is 19.3 Å². The van der Waals surface area contributed by atoms with Crippen LogP contribution < -0.4 is 5.32 Å². The van der Waals surface area contributed by atoms with Crippen molar-refractivity contribution in [2.45, 2.75) is 19.3 Å². The number of carbonyl (C=O) groups is 1. The Labute approximate surface area is 118 Å². The molecule has 2 heterocycles. The van der Waals surface area contributed by atoms with Gasteiger partial charge in [0, 0.05) is 24.7 Å². The minimum absolute atomic E-state index is 0.166. The number of likely N-dealkylation sites (tertiary alicyclic amines) is 1. The summed E-state index contributed by atoms with van der Waals surface area (Å²) in [5.41, 5.74) is 0. The van der Waals surface area contributed by atoms with E-state index in [4.69, 9.17) is 0 Å². The fraction of sp³-hybridized carbons (Fsp3) is 0.375. The Morgan fingerprint density at radius 1 is 1.15 bits per heavy atom. The number of hydrogen-bond acceptors (Lipinski definition) is 3. The van der Waals surface area contributed by atoms with E-state index in [1.54, 1.807) is 6.20 Å². The van der Waals surface area contributed by atoms with Crippen LogP contribution in [0.4, 0.5) is 5.82 Å². The van der Waals surface area contributed by atoms with Gasteiger partial charge in [-0.05, 0) is 30.7 Å². The minimum atomic E-state index is 0.166. The average Bonchev–Trinajstić information content (AvgIpc) is 2.53. The largest absolute Gasteiger partial charge is 0.360 e. The van der Waals surface area contributed by atoms with Crippen LogP contribution in [-0.4, -0.2) is 35.4 Å². The number of nitrogens with zero attached hydrogens (tertiary/aromatic N) is 2. The molecule has 4 heteroatoms. The van der Waals surface area contributed by atoms with E-state index in [2.05, 4.69) is 16.4 Å². The molecule has 104 valence electrons. The third kappa shape index (κ3) is 2.74. The molecule has 0 radical (unpaired) electrons. The van der Waals surface area contributed by atoms with Crippen LogP contribution in [0.2, 0.25) is 0 Å². The summed E-state index contributed by atoms with van der Waals surface area (Å²) < 4.78 is 0. The van der Waals surface area contributed by atoms with Crippen molar-refractivity contribution in [3.8, 4) is 0 Å². The number of nitrogens with one attached hydrogen (secondary N) is 1. The number of anilines is 1. The molecule has 1 aliphatic heterocycles. The summed E-state index contributed by atoms with van der Waals surface area (Å²) in [6.07, 6.45) is 5.26. The lowest BCUT2D eigenvalue weighted by Gasteiger charge is -2.26. The molecule has 3 rings (SSSR count). The predicted molar refractivity (Wildman–Crippen MR) is 80.7 cm³/mol. The summed E-state index contributed by atoms with van der Waals surface area (Å²) in [6.45, 7) is 2.11. The Kier molecular flexibility index (Phi) is 3.81. The van der Waals surface area contributed by atoms with Crippen LogP contribution in [0, 0.1) is 0 Å². The molecule has 0 unspecified atom stereocenters. The Balaban J connectivity index is 1.69. The molecule has 0 bridgehead atoms. The van der Waals surface area contributed by atoms with E-state index in [1.807, 2.05) is 29.2 Å². The van der Waals surface area contributed by atoms with Gasteiger partial charge in [0.25, 0.3) is 0 Å². The lowest BCUT2D eigenvalue weighted by atomic mass is 10.1. The van der Waals surface area contributed by atoms with Crippen molar-refractivity contribution >= 4 is 22.5 Å². The van der Waals surface area contributed by atoms with Gasteiger partial charge in [0.2, 0.25) is 5.91 Å². The van der Waals surface area contributed by atoms with E-state index in [-0.39, 0.29) is 5.91 Å². The lowest BCUT2D eigenvalue weighted by molar-refractivity contribution is -0.130. The van der Waals surface area contributed by atoms with Crippen LogP contribution in [0.5, 0.6) is 0 Å². The SMILES string of the molecule is O=C(CNc1nccc2ccccc12)N1CCCCC1. The molecule has 4 nitrogen and oxygen atoms in total. The summed E-state index contributed by atoms with van der Waals surface area (Å²) in [5.74, 6) is 0.952. The number of piperidine rings is 1. The van der Waals surface area contributed by atoms with Crippen molar-refractivity contribution in [3.63, 3.8) is 0 Å². The fourth-order valence-electron chi connectivity index (χ4n) is 2.67. The van der Waals surface area contributed by atoms with E-state index in [0.717, 1.165) is 42.5 Å². The topological polar surface area (TPSA) is 45.2 Å². The first kappa shape index (κ1) is 12.9. The molecule has 1 saturated heterocycles. The monoisotopic (exact) mass is 269 g/mol. The van der Waals surface area contributed by atoms with Gasteiger partial charge in [-0.1, -0.05) is 24.3 Å². The van der Waals surface area contributed by atoms with E-state index < -0.39 is 0 Å². The molecule has 1 amide bonds. The molecule has 1 aromatic carbocycles. The highest BCUT2D eigenvalue weighted by molar-refractivity contribution is 5.93. The first-order chi connectivity index (χ1) is 9.84. The van der Waals surface area contributed by atoms with E-state index in [1.165, 1.54) is 6.42 Å². The van der Waals surface area contributed by atoms with Gasteiger partial charge in [-0.2, -0.15) is 0 Å². The van der Waals surface area contributed by atoms with Gasteiger partial charge in [0.15, 0.2) is 0 Å². The Morgan fingerprint density at radius 2 is 1.95 bits per heavy atom. The van der Waals surface area contributed by atoms with Gasteiger partial charge in [-0.3, -0.25) is 4.79 Å². The summed E-state index contributed by atoms with van der Waals surface area (Å²) in [7, 11) is 0. The van der Waals surface area contributed by atoms with E-state index >= 15 is 0 Å². The maximum Gasteiger partial charge on any atom is 0.241 e. The Bertz CT molecular complexity index is 600. The molecule has 1 aliphatic rings. The smallest absolute Gasteiger partial charge is 0.241 e. The van der Waals surface area contributed by atoms with Crippen LogP contribution in [0.25, 0.3) is 10.8 Å². The molecular formula is C16H19N3O. The quantitative estimate of drug-likeness (QED) is 0.931. The van der Waals surface area contributed by atoms with Crippen molar-refractivity contribution in [1.82, 2.24) is 9.88 Å². The van der Waals surface area contributed by atoms with Crippen molar-refractivity contribution in [1.29, 1.82) is 0 Å². The highest BCUT2D eigenvalue weighted by Crippen LogP contribution is 2.20. The molecule has 1 N–H and O–H groups in total. The maximum atomic E-state index is 12.1. The molecule has 0 atom stereocenters. The van der Waals surface area contributed by atoms with Gasteiger partial charge < -0.3 is 10.2 Å². The van der Waals surface area contributed by atoms with Crippen LogP contribution in [-0.2, 0) is 4.79 Å². The summed E-state index contributed by atoms with van der Waals surface area (Å²) in [5, 5.41) is 5.37. The average molecular weight is 269 g/mol. The second kappa shape index (κ2) is 5.90. The number of rotatable bonds is 3. The minimum Gasteiger partial charge on any atom is -0.360 e. The van der Waals surface area contributed by atoms with Gasteiger partial charge in [-0.25, -0.2) is 4.98 Å². The van der Waals surface area contributed by atoms with Crippen LogP contribution >= 0.6 is 0 Å². The second-order valence-corrected chi connectivity index (χ2v) is 5.18. The van der Waals surface area contributed by atoms with Crippen molar-refractivity contribution < 1.29 is 4.79 Å². The molecule has 1 aromatic heterocycles. The van der Waals surface area contributed by atoms with Crippen LogP contribution in [0.3, 0.4) is 0 Å². The third-order valence-corrected chi connectivity index (χ3v) is 3.79.